The van der Waals surface area contributed by atoms with Gasteiger partial charge in [0.15, 0.2) is 0 Å². The van der Waals surface area contributed by atoms with Crippen molar-refractivity contribution in [3.63, 3.8) is 0 Å². The van der Waals surface area contributed by atoms with Gasteiger partial charge >= 0.3 is 0 Å². The van der Waals surface area contributed by atoms with E-state index in [1.54, 1.807) is 19.0 Å². The van der Waals surface area contributed by atoms with E-state index in [1.807, 2.05) is 0 Å². The van der Waals surface area contributed by atoms with Gasteiger partial charge < -0.3 is 14.7 Å². The number of amides is 1. The quantitative estimate of drug-likeness (QED) is 0.769. The maximum Gasteiger partial charge on any atom is 0.224 e. The van der Waals surface area contributed by atoms with Crippen LogP contribution in [0.25, 0.3) is 0 Å². The van der Waals surface area contributed by atoms with E-state index in [1.165, 1.54) is 5.57 Å². The van der Waals surface area contributed by atoms with Gasteiger partial charge in [-0.05, 0) is 31.4 Å². The van der Waals surface area contributed by atoms with Crippen molar-refractivity contribution in [2.24, 2.45) is 0 Å². The van der Waals surface area contributed by atoms with Crippen molar-refractivity contribution in [2.75, 3.05) is 46.9 Å². The predicted octanol–water partition coefficient (Wildman–Crippen LogP) is 0.638. The van der Waals surface area contributed by atoms with E-state index in [-0.39, 0.29) is 12.3 Å². The first-order valence-corrected chi connectivity index (χ1v) is 7.39. The van der Waals surface area contributed by atoms with Gasteiger partial charge in [-0.1, -0.05) is 6.08 Å². The summed E-state index contributed by atoms with van der Waals surface area (Å²) in [6.07, 6.45) is 5.07. The van der Waals surface area contributed by atoms with E-state index in [0.29, 0.717) is 19.6 Å². The van der Waals surface area contributed by atoms with E-state index >= 15 is 0 Å². The minimum Gasteiger partial charge on any atom is -0.388 e. The molecule has 2 aliphatic rings. The fourth-order valence-corrected chi connectivity index (χ4v) is 2.93. The lowest BCUT2D eigenvalue weighted by Gasteiger charge is -2.39. The van der Waals surface area contributed by atoms with Crippen LogP contribution in [0.1, 0.15) is 25.7 Å². The van der Waals surface area contributed by atoms with E-state index in [0.717, 1.165) is 32.5 Å². The SMILES string of the molecule is CN(C)C(=O)CC1(O)CCCN(CC2=CCCOC2)C1. The average Bonchev–Trinajstić information content (AvgIpc) is 2.39. The van der Waals surface area contributed by atoms with Crippen molar-refractivity contribution in [1.82, 2.24) is 9.80 Å². The van der Waals surface area contributed by atoms with Gasteiger partial charge in [-0.15, -0.1) is 0 Å². The molecule has 0 saturated carbocycles. The lowest BCUT2D eigenvalue weighted by atomic mass is 9.89. The van der Waals surface area contributed by atoms with Crippen molar-refractivity contribution in [3.05, 3.63) is 11.6 Å². The van der Waals surface area contributed by atoms with Crippen molar-refractivity contribution in [2.45, 2.75) is 31.3 Å². The van der Waals surface area contributed by atoms with E-state index in [9.17, 15) is 9.90 Å². The van der Waals surface area contributed by atoms with E-state index < -0.39 is 5.60 Å². The Labute approximate surface area is 121 Å². The zero-order valence-corrected chi connectivity index (χ0v) is 12.6. The van der Waals surface area contributed by atoms with Gasteiger partial charge in [0.2, 0.25) is 5.91 Å². The second-order valence-electron chi connectivity index (χ2n) is 6.21. The summed E-state index contributed by atoms with van der Waals surface area (Å²) >= 11 is 0. The molecule has 5 nitrogen and oxygen atoms in total. The minimum atomic E-state index is -0.879. The zero-order valence-electron chi connectivity index (χ0n) is 12.6. The van der Waals surface area contributed by atoms with Crippen molar-refractivity contribution in [3.8, 4) is 0 Å². The molecule has 1 N–H and O–H groups in total. The predicted molar refractivity (Wildman–Crippen MR) is 77.5 cm³/mol. The van der Waals surface area contributed by atoms with Gasteiger partial charge in [0.1, 0.15) is 0 Å². The molecular formula is C15H26N2O3. The van der Waals surface area contributed by atoms with Crippen molar-refractivity contribution < 1.29 is 14.6 Å². The third-order valence-electron chi connectivity index (χ3n) is 4.02. The van der Waals surface area contributed by atoms with Crippen LogP contribution in [-0.2, 0) is 9.53 Å². The highest BCUT2D eigenvalue weighted by Gasteiger charge is 2.35. The monoisotopic (exact) mass is 282 g/mol. The first-order valence-electron chi connectivity index (χ1n) is 7.39. The van der Waals surface area contributed by atoms with Gasteiger partial charge in [-0.2, -0.15) is 0 Å². The number of hydrogen-bond acceptors (Lipinski definition) is 4. The van der Waals surface area contributed by atoms with Crippen LogP contribution in [0.2, 0.25) is 0 Å². The summed E-state index contributed by atoms with van der Waals surface area (Å²) in [5.41, 5.74) is 0.412. The van der Waals surface area contributed by atoms with Crippen molar-refractivity contribution in [1.29, 1.82) is 0 Å². The van der Waals surface area contributed by atoms with Gasteiger partial charge in [-0.3, -0.25) is 9.69 Å². The third kappa shape index (κ3) is 4.30. The maximum absolute atomic E-state index is 11.8. The molecule has 1 atom stereocenters. The number of rotatable bonds is 4. The molecule has 1 unspecified atom stereocenters. The smallest absolute Gasteiger partial charge is 0.224 e. The Bertz CT molecular complexity index is 381. The normalized spacial score (nSPS) is 28.1. The van der Waals surface area contributed by atoms with Gasteiger partial charge in [0.05, 0.1) is 25.2 Å². The number of carbonyl (C=O) groups is 1. The van der Waals surface area contributed by atoms with Gasteiger partial charge in [-0.25, -0.2) is 0 Å². The summed E-state index contributed by atoms with van der Waals surface area (Å²) in [4.78, 5) is 15.6. The van der Waals surface area contributed by atoms with E-state index in [2.05, 4.69) is 11.0 Å². The number of likely N-dealkylation sites (tertiary alicyclic amines) is 1. The molecule has 0 radical (unpaired) electrons. The number of β-amino-alcohol motifs (C(OH)–C–C–N with tert-alkyl or cyclic N) is 1. The molecular weight excluding hydrogens is 256 g/mol. The Morgan fingerprint density at radius 1 is 1.55 bits per heavy atom. The van der Waals surface area contributed by atoms with Crippen LogP contribution in [0.4, 0.5) is 0 Å². The highest BCUT2D eigenvalue weighted by atomic mass is 16.5. The standard InChI is InChI=1S/C15H26N2O3/c1-16(2)14(18)9-15(19)6-4-7-17(12-15)10-13-5-3-8-20-11-13/h5,19H,3-4,6-12H2,1-2H3. The number of carbonyl (C=O) groups excluding carboxylic acids is 1. The molecule has 1 saturated heterocycles. The van der Waals surface area contributed by atoms with Crippen LogP contribution in [0.15, 0.2) is 11.6 Å². The zero-order chi connectivity index (χ0) is 14.6. The highest BCUT2D eigenvalue weighted by molar-refractivity contribution is 5.76. The number of ether oxygens (including phenoxy) is 1. The van der Waals surface area contributed by atoms with Crippen LogP contribution in [0.3, 0.4) is 0 Å². The second kappa shape index (κ2) is 6.70. The molecule has 0 aliphatic carbocycles. The molecule has 2 heterocycles. The third-order valence-corrected chi connectivity index (χ3v) is 4.02. The van der Waals surface area contributed by atoms with E-state index in [4.69, 9.17) is 4.74 Å². The van der Waals surface area contributed by atoms with Crippen LogP contribution < -0.4 is 0 Å². The fourth-order valence-electron chi connectivity index (χ4n) is 2.93. The van der Waals surface area contributed by atoms with Crippen LogP contribution >= 0.6 is 0 Å². The summed E-state index contributed by atoms with van der Waals surface area (Å²) < 4.78 is 5.45. The largest absolute Gasteiger partial charge is 0.388 e. The van der Waals surface area contributed by atoms with Crippen molar-refractivity contribution >= 4 is 5.91 Å². The van der Waals surface area contributed by atoms with Gasteiger partial charge in [0, 0.05) is 27.2 Å². The molecule has 2 aliphatic heterocycles. The summed E-state index contributed by atoms with van der Waals surface area (Å²) in [5, 5.41) is 10.7. The first-order chi connectivity index (χ1) is 9.48. The highest BCUT2D eigenvalue weighted by Crippen LogP contribution is 2.26. The maximum atomic E-state index is 11.8. The average molecular weight is 282 g/mol. The number of hydrogen-bond donors (Lipinski definition) is 1. The Hall–Kier alpha value is -0.910. The summed E-state index contributed by atoms with van der Waals surface area (Å²) in [7, 11) is 3.47. The molecule has 1 amide bonds. The molecule has 2 rings (SSSR count). The molecule has 0 spiro atoms. The minimum absolute atomic E-state index is 0.00503. The summed E-state index contributed by atoms with van der Waals surface area (Å²) in [5.74, 6) is -0.00503. The lowest BCUT2D eigenvalue weighted by Crippen LogP contribution is -2.51. The summed E-state index contributed by atoms with van der Waals surface area (Å²) in [6.45, 7) is 3.91. The fraction of sp³-hybridized carbons (Fsp3) is 0.800. The topological polar surface area (TPSA) is 53.0 Å². The lowest BCUT2D eigenvalue weighted by molar-refractivity contribution is -0.136. The summed E-state index contributed by atoms with van der Waals surface area (Å²) in [6, 6.07) is 0. The van der Waals surface area contributed by atoms with Crippen LogP contribution in [-0.4, -0.2) is 73.4 Å². The molecule has 0 aromatic carbocycles. The molecule has 0 bridgehead atoms. The molecule has 5 heteroatoms. The Morgan fingerprint density at radius 3 is 3.00 bits per heavy atom. The van der Waals surface area contributed by atoms with Crippen LogP contribution in [0.5, 0.6) is 0 Å². The Kier molecular flexibility index (Phi) is 5.18. The van der Waals surface area contributed by atoms with Gasteiger partial charge in [0.25, 0.3) is 0 Å². The molecule has 20 heavy (non-hydrogen) atoms. The molecule has 114 valence electrons. The molecule has 0 aromatic rings. The Morgan fingerprint density at radius 2 is 2.35 bits per heavy atom. The molecule has 0 aromatic heterocycles. The number of aliphatic hydroxyl groups is 1. The number of piperidine rings is 1. The molecule has 1 fully saturated rings. The Balaban J connectivity index is 1.90. The first kappa shape index (κ1) is 15.5. The number of nitrogens with zero attached hydrogens (tertiary/aromatic N) is 2. The second-order valence-corrected chi connectivity index (χ2v) is 6.21. The van der Waals surface area contributed by atoms with Crippen LogP contribution in [0, 0.1) is 0 Å².